The zero-order chi connectivity index (χ0) is 20.5. The van der Waals surface area contributed by atoms with Gasteiger partial charge < -0.3 is 15.5 Å². The molecule has 0 aliphatic carbocycles. The highest BCUT2D eigenvalue weighted by molar-refractivity contribution is 14.0. The number of benzene rings is 1. The monoisotopic (exact) mass is 530 g/mol. The van der Waals surface area contributed by atoms with Gasteiger partial charge in [-0.25, -0.2) is 9.67 Å². The van der Waals surface area contributed by atoms with Crippen molar-refractivity contribution in [2.75, 3.05) is 39.2 Å². The highest BCUT2D eigenvalue weighted by atomic mass is 127. The first kappa shape index (κ1) is 25.3. The second-order valence-corrected chi connectivity index (χ2v) is 7.68. The Labute approximate surface area is 194 Å². The summed E-state index contributed by atoms with van der Waals surface area (Å²) in [5.74, 6) is 1.60. The number of nitrogens with zero attached hydrogens (tertiary/aromatic N) is 4. The van der Waals surface area contributed by atoms with Crippen LogP contribution in [0.1, 0.15) is 17.0 Å². The van der Waals surface area contributed by atoms with Gasteiger partial charge in [0, 0.05) is 32.1 Å². The standard InChI is InChI=1S/C20H30N6OS.HI/c1-15-12-16(2)26(24-15)18-9-7-6-8-17(18)13-22-20(21-10-11-28-5)23-14-19(27)25(3)4;/h6-9,12H,10-11,13-14H2,1-5H3,(H2,21,22,23);1H. The number of aryl methyl sites for hydroxylation is 2. The molecule has 0 atom stereocenters. The van der Waals surface area contributed by atoms with Crippen LogP contribution in [-0.2, 0) is 11.3 Å². The van der Waals surface area contributed by atoms with E-state index in [4.69, 9.17) is 4.99 Å². The molecule has 0 aliphatic heterocycles. The van der Waals surface area contributed by atoms with Crippen molar-refractivity contribution in [3.8, 4) is 5.69 Å². The predicted molar refractivity (Wildman–Crippen MR) is 133 cm³/mol. The lowest BCUT2D eigenvalue weighted by Crippen LogP contribution is -2.43. The minimum atomic E-state index is 0. The molecule has 1 amide bonds. The van der Waals surface area contributed by atoms with Gasteiger partial charge in [0.15, 0.2) is 5.96 Å². The van der Waals surface area contributed by atoms with E-state index in [-0.39, 0.29) is 36.4 Å². The molecule has 0 saturated carbocycles. The fraction of sp³-hybridized carbons (Fsp3) is 0.450. The summed E-state index contributed by atoms with van der Waals surface area (Å²) in [5, 5.41) is 11.0. The number of likely N-dealkylation sites (N-methyl/N-ethyl adjacent to an activating group) is 1. The van der Waals surface area contributed by atoms with E-state index in [1.807, 2.05) is 36.7 Å². The van der Waals surface area contributed by atoms with Gasteiger partial charge in [0.2, 0.25) is 5.91 Å². The van der Waals surface area contributed by atoms with Crippen molar-refractivity contribution in [3.05, 3.63) is 47.3 Å². The van der Waals surface area contributed by atoms with Crippen LogP contribution in [0.25, 0.3) is 5.69 Å². The van der Waals surface area contributed by atoms with Gasteiger partial charge in [-0.3, -0.25) is 4.79 Å². The van der Waals surface area contributed by atoms with Crippen molar-refractivity contribution < 1.29 is 4.79 Å². The van der Waals surface area contributed by atoms with Crippen molar-refractivity contribution >= 4 is 47.6 Å². The number of thioether (sulfide) groups is 1. The Kier molecular flexibility index (Phi) is 11.1. The molecule has 0 fully saturated rings. The van der Waals surface area contributed by atoms with Gasteiger partial charge in [0.1, 0.15) is 0 Å². The van der Waals surface area contributed by atoms with Gasteiger partial charge >= 0.3 is 0 Å². The average molecular weight is 530 g/mol. The fourth-order valence-electron chi connectivity index (χ4n) is 2.65. The van der Waals surface area contributed by atoms with E-state index in [0.717, 1.165) is 34.9 Å². The van der Waals surface area contributed by atoms with Crippen LogP contribution in [0.15, 0.2) is 35.3 Å². The number of nitrogens with one attached hydrogen (secondary N) is 2. The van der Waals surface area contributed by atoms with Crippen LogP contribution >= 0.6 is 35.7 Å². The molecule has 7 nitrogen and oxygen atoms in total. The highest BCUT2D eigenvalue weighted by Crippen LogP contribution is 2.17. The molecule has 1 aromatic heterocycles. The molecule has 2 N–H and O–H groups in total. The van der Waals surface area contributed by atoms with Gasteiger partial charge in [0.25, 0.3) is 0 Å². The van der Waals surface area contributed by atoms with E-state index < -0.39 is 0 Å². The Morgan fingerprint density at radius 3 is 2.59 bits per heavy atom. The van der Waals surface area contributed by atoms with Crippen LogP contribution in [0.5, 0.6) is 0 Å². The Balaban J connectivity index is 0.00000420. The molecule has 0 unspecified atom stereocenters. The molecule has 0 aliphatic rings. The number of hydrogen-bond acceptors (Lipinski definition) is 4. The van der Waals surface area contributed by atoms with E-state index in [2.05, 4.69) is 34.1 Å². The summed E-state index contributed by atoms with van der Waals surface area (Å²) in [6.07, 6.45) is 2.06. The van der Waals surface area contributed by atoms with E-state index >= 15 is 0 Å². The minimum absolute atomic E-state index is 0. The van der Waals surface area contributed by atoms with Crippen LogP contribution in [-0.4, -0.2) is 65.7 Å². The van der Waals surface area contributed by atoms with Gasteiger partial charge in [-0.1, -0.05) is 18.2 Å². The number of aromatic nitrogens is 2. The number of guanidine groups is 1. The fourth-order valence-corrected chi connectivity index (χ4v) is 2.96. The third-order valence-corrected chi connectivity index (χ3v) is 4.75. The summed E-state index contributed by atoms with van der Waals surface area (Å²) in [6.45, 7) is 5.51. The van der Waals surface area contributed by atoms with Crippen LogP contribution in [0, 0.1) is 13.8 Å². The summed E-state index contributed by atoms with van der Waals surface area (Å²) < 4.78 is 1.95. The number of para-hydroxylation sites is 1. The lowest BCUT2D eigenvalue weighted by molar-refractivity contribution is -0.127. The van der Waals surface area contributed by atoms with E-state index in [1.54, 1.807) is 30.8 Å². The summed E-state index contributed by atoms with van der Waals surface area (Å²) in [4.78, 5) is 18.1. The van der Waals surface area contributed by atoms with Crippen molar-refractivity contribution in [2.24, 2.45) is 4.99 Å². The zero-order valence-corrected chi connectivity index (χ0v) is 20.9. The number of carbonyl (C=O) groups is 1. The van der Waals surface area contributed by atoms with Gasteiger partial charge in [-0.2, -0.15) is 16.9 Å². The molecular weight excluding hydrogens is 499 g/mol. The van der Waals surface area contributed by atoms with Crippen LogP contribution in [0.2, 0.25) is 0 Å². The molecule has 0 bridgehead atoms. The Hall–Kier alpha value is -1.75. The average Bonchev–Trinajstić information content (AvgIpc) is 3.01. The van der Waals surface area contributed by atoms with E-state index in [1.165, 1.54) is 0 Å². The predicted octanol–water partition coefficient (Wildman–Crippen LogP) is 2.59. The molecule has 9 heteroatoms. The van der Waals surface area contributed by atoms with Crippen molar-refractivity contribution in [2.45, 2.75) is 20.4 Å². The maximum Gasteiger partial charge on any atom is 0.241 e. The van der Waals surface area contributed by atoms with Gasteiger partial charge in [0.05, 0.1) is 24.5 Å². The Morgan fingerprint density at radius 2 is 1.97 bits per heavy atom. The van der Waals surface area contributed by atoms with Gasteiger partial charge in [-0.05, 0) is 37.8 Å². The lowest BCUT2D eigenvalue weighted by atomic mass is 10.2. The number of rotatable bonds is 8. The summed E-state index contributed by atoms with van der Waals surface area (Å²) in [7, 11) is 3.49. The molecule has 0 spiro atoms. The first-order valence-corrected chi connectivity index (χ1v) is 10.6. The lowest BCUT2D eigenvalue weighted by Gasteiger charge is -2.15. The molecule has 0 saturated heterocycles. The normalized spacial score (nSPS) is 11.0. The van der Waals surface area contributed by atoms with Crippen LogP contribution in [0.4, 0.5) is 0 Å². The van der Waals surface area contributed by atoms with Crippen molar-refractivity contribution in [1.29, 1.82) is 0 Å². The molecule has 29 heavy (non-hydrogen) atoms. The second-order valence-electron chi connectivity index (χ2n) is 6.69. The zero-order valence-electron chi connectivity index (χ0n) is 17.7. The molecule has 160 valence electrons. The minimum Gasteiger partial charge on any atom is -0.356 e. The third kappa shape index (κ3) is 7.88. The number of aliphatic imine (C=N–C) groups is 1. The number of hydrogen-bond donors (Lipinski definition) is 2. The number of amides is 1. The van der Waals surface area contributed by atoms with Gasteiger partial charge in [-0.15, -0.1) is 24.0 Å². The van der Waals surface area contributed by atoms with E-state index in [9.17, 15) is 4.79 Å². The first-order valence-electron chi connectivity index (χ1n) is 9.25. The molecule has 1 heterocycles. The molecule has 1 aromatic carbocycles. The molecular formula is C20H31IN6OS. The third-order valence-electron chi connectivity index (χ3n) is 4.14. The maximum atomic E-state index is 11.9. The molecule has 2 aromatic rings. The quantitative estimate of drug-likeness (QED) is 0.238. The SMILES string of the molecule is CSCCNC(=NCc1ccccc1-n1nc(C)cc1C)NCC(=O)N(C)C.I. The molecule has 2 rings (SSSR count). The second kappa shape index (κ2) is 12.7. The molecule has 0 radical (unpaired) electrons. The number of carbonyl (C=O) groups excluding carboxylic acids is 1. The topological polar surface area (TPSA) is 74.5 Å². The number of halogens is 1. The Bertz CT molecular complexity index is 821. The Morgan fingerprint density at radius 1 is 1.24 bits per heavy atom. The summed E-state index contributed by atoms with van der Waals surface area (Å²) in [6, 6.07) is 10.2. The highest BCUT2D eigenvalue weighted by Gasteiger charge is 2.10. The largest absolute Gasteiger partial charge is 0.356 e. The van der Waals surface area contributed by atoms with E-state index in [0.29, 0.717) is 12.5 Å². The van der Waals surface area contributed by atoms with Crippen molar-refractivity contribution in [1.82, 2.24) is 25.3 Å². The maximum absolute atomic E-state index is 11.9. The smallest absolute Gasteiger partial charge is 0.241 e. The van der Waals surface area contributed by atoms with Crippen molar-refractivity contribution in [3.63, 3.8) is 0 Å². The van der Waals surface area contributed by atoms with Crippen LogP contribution < -0.4 is 10.6 Å². The summed E-state index contributed by atoms with van der Waals surface area (Å²) >= 11 is 1.76. The summed E-state index contributed by atoms with van der Waals surface area (Å²) in [5.41, 5.74) is 4.16. The van der Waals surface area contributed by atoms with Crippen LogP contribution in [0.3, 0.4) is 0 Å². The first-order chi connectivity index (χ1) is 13.4.